The lowest BCUT2D eigenvalue weighted by Gasteiger charge is -2.16. The molecular weight excluding hydrogens is 158 g/mol. The first-order chi connectivity index (χ1) is 6.24. The predicted octanol–water partition coefficient (Wildman–Crippen LogP) is 2.36. The highest BCUT2D eigenvalue weighted by Gasteiger charge is 2.05. The maximum atomic E-state index is 5.29. The number of benzene rings is 1. The van der Waals surface area contributed by atoms with Gasteiger partial charge in [0.05, 0.1) is 6.04 Å². The first kappa shape index (κ1) is 9.83. The molecule has 0 spiro atoms. The Morgan fingerprint density at radius 3 is 2.38 bits per heavy atom. The SMILES string of the molecule is C#CC(C)N[C@H](C)c1ccccc1. The van der Waals surface area contributed by atoms with Gasteiger partial charge in [-0.05, 0) is 19.4 Å². The van der Waals surface area contributed by atoms with E-state index in [4.69, 9.17) is 6.42 Å². The van der Waals surface area contributed by atoms with Crippen LogP contribution in [-0.4, -0.2) is 6.04 Å². The largest absolute Gasteiger partial charge is 0.297 e. The van der Waals surface area contributed by atoms with Crippen molar-refractivity contribution in [2.75, 3.05) is 0 Å². The molecule has 1 rings (SSSR count). The van der Waals surface area contributed by atoms with Gasteiger partial charge in [-0.3, -0.25) is 5.32 Å². The molecule has 0 aliphatic heterocycles. The molecule has 1 aromatic carbocycles. The van der Waals surface area contributed by atoms with Crippen LogP contribution in [0.25, 0.3) is 0 Å². The van der Waals surface area contributed by atoms with Crippen LogP contribution in [0, 0.1) is 12.3 Å². The standard InChI is InChI=1S/C12H15N/c1-4-10(2)13-11(3)12-8-6-5-7-9-12/h1,5-11,13H,2-3H3/t10?,11-/m1/s1. The average Bonchev–Trinajstić information content (AvgIpc) is 2.19. The molecule has 1 heteroatoms. The fourth-order valence-corrected chi connectivity index (χ4v) is 1.26. The number of terminal acetylenes is 1. The van der Waals surface area contributed by atoms with Gasteiger partial charge in [0.15, 0.2) is 0 Å². The first-order valence-corrected chi connectivity index (χ1v) is 4.51. The van der Waals surface area contributed by atoms with Gasteiger partial charge in [-0.2, -0.15) is 0 Å². The summed E-state index contributed by atoms with van der Waals surface area (Å²) < 4.78 is 0. The molecule has 0 amide bonds. The normalized spacial score (nSPS) is 14.5. The molecule has 0 aromatic heterocycles. The van der Waals surface area contributed by atoms with E-state index in [9.17, 15) is 0 Å². The predicted molar refractivity (Wildman–Crippen MR) is 56.3 cm³/mol. The quantitative estimate of drug-likeness (QED) is 0.692. The summed E-state index contributed by atoms with van der Waals surface area (Å²) in [6, 6.07) is 10.7. The van der Waals surface area contributed by atoms with Gasteiger partial charge in [0.1, 0.15) is 0 Å². The summed E-state index contributed by atoms with van der Waals surface area (Å²) in [5.74, 6) is 2.65. The second-order valence-electron chi connectivity index (χ2n) is 3.19. The van der Waals surface area contributed by atoms with E-state index in [0.29, 0.717) is 6.04 Å². The van der Waals surface area contributed by atoms with Gasteiger partial charge in [0, 0.05) is 6.04 Å². The molecule has 1 nitrogen and oxygen atoms in total. The zero-order valence-corrected chi connectivity index (χ0v) is 8.12. The van der Waals surface area contributed by atoms with E-state index >= 15 is 0 Å². The topological polar surface area (TPSA) is 12.0 Å². The third-order valence-corrected chi connectivity index (χ3v) is 2.05. The number of hydrogen-bond acceptors (Lipinski definition) is 1. The van der Waals surface area contributed by atoms with Crippen molar-refractivity contribution in [3.05, 3.63) is 35.9 Å². The summed E-state index contributed by atoms with van der Waals surface area (Å²) in [4.78, 5) is 0. The first-order valence-electron chi connectivity index (χ1n) is 4.51. The molecule has 2 atom stereocenters. The fraction of sp³-hybridized carbons (Fsp3) is 0.333. The van der Waals surface area contributed by atoms with Crippen LogP contribution < -0.4 is 5.32 Å². The van der Waals surface area contributed by atoms with Gasteiger partial charge in [-0.1, -0.05) is 36.3 Å². The number of nitrogens with one attached hydrogen (secondary N) is 1. The Hall–Kier alpha value is -1.26. The van der Waals surface area contributed by atoms with Crippen molar-refractivity contribution < 1.29 is 0 Å². The second kappa shape index (κ2) is 4.69. The maximum absolute atomic E-state index is 5.29. The zero-order valence-electron chi connectivity index (χ0n) is 8.12. The molecule has 68 valence electrons. The minimum Gasteiger partial charge on any atom is -0.297 e. The Morgan fingerprint density at radius 1 is 1.23 bits per heavy atom. The zero-order chi connectivity index (χ0) is 9.68. The molecular formula is C12H15N. The van der Waals surface area contributed by atoms with Crippen LogP contribution in [0.3, 0.4) is 0 Å². The van der Waals surface area contributed by atoms with Crippen molar-refractivity contribution in [3.63, 3.8) is 0 Å². The molecule has 0 aliphatic rings. The van der Waals surface area contributed by atoms with Crippen LogP contribution in [0.2, 0.25) is 0 Å². The second-order valence-corrected chi connectivity index (χ2v) is 3.19. The van der Waals surface area contributed by atoms with Gasteiger partial charge >= 0.3 is 0 Å². The van der Waals surface area contributed by atoms with Crippen LogP contribution in [0.4, 0.5) is 0 Å². The maximum Gasteiger partial charge on any atom is 0.0662 e. The Labute approximate surface area is 80.2 Å². The van der Waals surface area contributed by atoms with Crippen LogP contribution >= 0.6 is 0 Å². The molecule has 0 aliphatic carbocycles. The van der Waals surface area contributed by atoms with E-state index in [1.807, 2.05) is 25.1 Å². The highest BCUT2D eigenvalue weighted by atomic mass is 14.9. The Kier molecular flexibility index (Phi) is 3.54. The Bertz CT molecular complexity index is 284. The average molecular weight is 173 g/mol. The van der Waals surface area contributed by atoms with Gasteiger partial charge in [-0.25, -0.2) is 0 Å². The highest BCUT2D eigenvalue weighted by Crippen LogP contribution is 2.11. The number of hydrogen-bond donors (Lipinski definition) is 1. The Morgan fingerprint density at radius 2 is 1.85 bits per heavy atom. The molecule has 0 saturated heterocycles. The molecule has 1 N–H and O–H groups in total. The minimum absolute atomic E-state index is 0.121. The van der Waals surface area contributed by atoms with Crippen LogP contribution in [0.15, 0.2) is 30.3 Å². The molecule has 0 bridgehead atoms. The van der Waals surface area contributed by atoms with E-state index < -0.39 is 0 Å². The third kappa shape index (κ3) is 2.93. The van der Waals surface area contributed by atoms with Gasteiger partial charge in [-0.15, -0.1) is 6.42 Å². The number of rotatable bonds is 3. The van der Waals surface area contributed by atoms with Gasteiger partial charge in [0.25, 0.3) is 0 Å². The summed E-state index contributed by atoms with van der Waals surface area (Å²) >= 11 is 0. The lowest BCUT2D eigenvalue weighted by Crippen LogP contribution is -2.27. The lowest BCUT2D eigenvalue weighted by atomic mass is 10.1. The van der Waals surface area contributed by atoms with E-state index in [1.54, 1.807) is 0 Å². The molecule has 0 fully saturated rings. The van der Waals surface area contributed by atoms with E-state index in [2.05, 4.69) is 30.3 Å². The summed E-state index contributed by atoms with van der Waals surface area (Å²) in [6.45, 7) is 4.10. The lowest BCUT2D eigenvalue weighted by molar-refractivity contribution is 0.546. The summed E-state index contributed by atoms with van der Waals surface area (Å²) in [7, 11) is 0. The van der Waals surface area contributed by atoms with Crippen molar-refractivity contribution in [1.82, 2.24) is 5.32 Å². The summed E-state index contributed by atoms with van der Waals surface area (Å²) in [5.41, 5.74) is 1.27. The van der Waals surface area contributed by atoms with Crippen molar-refractivity contribution in [2.24, 2.45) is 0 Å². The van der Waals surface area contributed by atoms with Crippen molar-refractivity contribution in [3.8, 4) is 12.3 Å². The minimum atomic E-state index is 0.121. The third-order valence-electron chi connectivity index (χ3n) is 2.05. The molecule has 1 aromatic rings. The molecule has 0 saturated carbocycles. The summed E-state index contributed by atoms with van der Waals surface area (Å²) in [5, 5.41) is 3.31. The molecule has 1 unspecified atom stereocenters. The van der Waals surface area contributed by atoms with Crippen molar-refractivity contribution >= 4 is 0 Å². The van der Waals surface area contributed by atoms with E-state index in [1.165, 1.54) is 5.56 Å². The van der Waals surface area contributed by atoms with Gasteiger partial charge in [0.2, 0.25) is 0 Å². The summed E-state index contributed by atoms with van der Waals surface area (Å²) in [6.07, 6.45) is 5.29. The monoisotopic (exact) mass is 173 g/mol. The Balaban J connectivity index is 2.60. The van der Waals surface area contributed by atoms with Crippen LogP contribution in [0.1, 0.15) is 25.5 Å². The van der Waals surface area contributed by atoms with E-state index in [0.717, 1.165) is 0 Å². The van der Waals surface area contributed by atoms with Crippen molar-refractivity contribution in [1.29, 1.82) is 0 Å². The fourth-order valence-electron chi connectivity index (χ4n) is 1.26. The highest BCUT2D eigenvalue weighted by molar-refractivity contribution is 5.18. The van der Waals surface area contributed by atoms with Crippen LogP contribution in [-0.2, 0) is 0 Å². The van der Waals surface area contributed by atoms with Gasteiger partial charge < -0.3 is 0 Å². The smallest absolute Gasteiger partial charge is 0.0662 e. The van der Waals surface area contributed by atoms with E-state index in [-0.39, 0.29) is 6.04 Å². The van der Waals surface area contributed by atoms with Crippen LogP contribution in [0.5, 0.6) is 0 Å². The molecule has 0 heterocycles. The molecule has 13 heavy (non-hydrogen) atoms. The molecule has 0 radical (unpaired) electrons. The van der Waals surface area contributed by atoms with Crippen molar-refractivity contribution in [2.45, 2.75) is 25.9 Å².